The van der Waals surface area contributed by atoms with Crippen molar-refractivity contribution in [3.8, 4) is 0 Å². The summed E-state index contributed by atoms with van der Waals surface area (Å²) < 4.78 is 0. The Hall–Kier alpha value is -1.18. The van der Waals surface area contributed by atoms with Crippen LogP contribution in [0, 0.1) is 19.8 Å². The lowest BCUT2D eigenvalue weighted by molar-refractivity contribution is -0.129. The molecule has 0 unspecified atom stereocenters. The van der Waals surface area contributed by atoms with E-state index in [1.54, 1.807) is 29.4 Å². The van der Waals surface area contributed by atoms with E-state index in [0.717, 1.165) is 53.6 Å². The normalized spacial score (nSPS) is 15.9. The van der Waals surface area contributed by atoms with Gasteiger partial charge in [0, 0.05) is 23.4 Å². The van der Waals surface area contributed by atoms with E-state index in [2.05, 4.69) is 29.1 Å². The summed E-state index contributed by atoms with van der Waals surface area (Å²) in [5.41, 5.74) is 1.24. The van der Waals surface area contributed by atoms with Crippen molar-refractivity contribution in [3.05, 3.63) is 16.8 Å². The van der Waals surface area contributed by atoms with E-state index in [1.807, 2.05) is 11.9 Å². The zero-order valence-corrected chi connectivity index (χ0v) is 16.8. The van der Waals surface area contributed by atoms with Crippen LogP contribution in [-0.2, 0) is 4.79 Å². The van der Waals surface area contributed by atoms with Gasteiger partial charge in [-0.3, -0.25) is 4.79 Å². The molecular formula is C18H26N4OS2. The van der Waals surface area contributed by atoms with Gasteiger partial charge in [-0.15, -0.1) is 11.3 Å². The number of rotatable bonds is 6. The van der Waals surface area contributed by atoms with E-state index in [4.69, 9.17) is 0 Å². The van der Waals surface area contributed by atoms with Gasteiger partial charge in [-0.25, -0.2) is 9.97 Å². The van der Waals surface area contributed by atoms with Crippen molar-refractivity contribution >= 4 is 39.2 Å². The van der Waals surface area contributed by atoms with Crippen LogP contribution in [0.3, 0.4) is 0 Å². The molecule has 7 heteroatoms. The number of thiophene rings is 1. The molecule has 0 radical (unpaired) electrons. The Morgan fingerprint density at radius 3 is 2.84 bits per heavy atom. The summed E-state index contributed by atoms with van der Waals surface area (Å²) >= 11 is 3.25. The number of carbonyl (C=O) groups is 1. The van der Waals surface area contributed by atoms with Gasteiger partial charge in [-0.05, 0) is 58.2 Å². The van der Waals surface area contributed by atoms with Crippen molar-refractivity contribution in [2.45, 2.75) is 38.1 Å². The molecule has 0 spiro atoms. The highest BCUT2D eigenvalue weighted by Gasteiger charge is 2.23. The van der Waals surface area contributed by atoms with Crippen LogP contribution in [0.15, 0.2) is 11.4 Å². The number of fused-ring (bicyclic) bond motifs is 1. The predicted molar refractivity (Wildman–Crippen MR) is 105 cm³/mol. The number of nitrogens with zero attached hydrogens (tertiary/aromatic N) is 3. The van der Waals surface area contributed by atoms with Crippen LogP contribution in [0.25, 0.3) is 10.2 Å². The summed E-state index contributed by atoms with van der Waals surface area (Å²) in [7, 11) is 2.00. The Morgan fingerprint density at radius 1 is 1.36 bits per heavy atom. The standard InChI is InChI=1S/C18H26N4OS2/c1-12-13(2)25-18-16(12)17(20-11-21-18)24-10-15(23)22-8-5-14(6-9-22)4-7-19-3/h11,14,19H,4-10H2,1-3H3. The molecule has 136 valence electrons. The van der Waals surface area contributed by atoms with Gasteiger partial charge < -0.3 is 10.2 Å². The van der Waals surface area contributed by atoms with Gasteiger partial charge in [-0.2, -0.15) is 0 Å². The monoisotopic (exact) mass is 378 g/mol. The summed E-state index contributed by atoms with van der Waals surface area (Å²) in [6, 6.07) is 0. The van der Waals surface area contributed by atoms with Crippen LogP contribution in [0.1, 0.15) is 29.7 Å². The number of piperidine rings is 1. The van der Waals surface area contributed by atoms with Gasteiger partial charge in [-0.1, -0.05) is 11.8 Å². The number of amides is 1. The van der Waals surface area contributed by atoms with Crippen molar-refractivity contribution in [3.63, 3.8) is 0 Å². The van der Waals surface area contributed by atoms with Crippen molar-refractivity contribution in [2.24, 2.45) is 5.92 Å². The molecule has 0 atom stereocenters. The predicted octanol–water partition coefficient (Wildman–Crippen LogP) is 3.25. The molecule has 1 amide bonds. The maximum Gasteiger partial charge on any atom is 0.232 e. The first-order valence-electron chi connectivity index (χ1n) is 8.86. The molecule has 1 aliphatic heterocycles. The zero-order chi connectivity index (χ0) is 17.8. The molecule has 5 nitrogen and oxygen atoms in total. The lowest BCUT2D eigenvalue weighted by Gasteiger charge is -2.32. The van der Waals surface area contributed by atoms with E-state index >= 15 is 0 Å². The minimum absolute atomic E-state index is 0.230. The highest BCUT2D eigenvalue weighted by Crippen LogP contribution is 2.34. The molecule has 0 aliphatic carbocycles. The van der Waals surface area contributed by atoms with E-state index in [9.17, 15) is 4.79 Å². The molecule has 0 bridgehead atoms. The number of thioether (sulfide) groups is 1. The Morgan fingerprint density at radius 2 is 2.12 bits per heavy atom. The molecule has 1 aliphatic rings. The van der Waals surface area contributed by atoms with Crippen molar-refractivity contribution in [2.75, 3.05) is 32.4 Å². The first-order chi connectivity index (χ1) is 12.1. The summed E-state index contributed by atoms with van der Waals surface area (Å²) in [5.74, 6) is 1.44. The first-order valence-corrected chi connectivity index (χ1v) is 10.7. The number of hydrogen-bond donors (Lipinski definition) is 1. The van der Waals surface area contributed by atoms with Crippen LogP contribution < -0.4 is 5.32 Å². The van der Waals surface area contributed by atoms with Gasteiger partial charge in [0.2, 0.25) is 5.91 Å². The molecule has 3 heterocycles. The number of aryl methyl sites for hydroxylation is 2. The van der Waals surface area contributed by atoms with Crippen LogP contribution in [0.2, 0.25) is 0 Å². The molecule has 0 saturated carbocycles. The highest BCUT2D eigenvalue weighted by molar-refractivity contribution is 8.00. The maximum atomic E-state index is 12.6. The lowest BCUT2D eigenvalue weighted by Crippen LogP contribution is -2.39. The molecule has 0 aromatic carbocycles. The van der Waals surface area contributed by atoms with Crippen LogP contribution in [-0.4, -0.2) is 53.2 Å². The van der Waals surface area contributed by atoms with Gasteiger partial charge >= 0.3 is 0 Å². The third kappa shape index (κ3) is 4.33. The minimum Gasteiger partial charge on any atom is -0.342 e. The second-order valence-corrected chi connectivity index (χ2v) is 8.81. The number of carbonyl (C=O) groups excluding carboxylic acids is 1. The number of nitrogens with one attached hydrogen (secondary N) is 1. The second kappa shape index (κ2) is 8.47. The number of hydrogen-bond acceptors (Lipinski definition) is 6. The van der Waals surface area contributed by atoms with Gasteiger partial charge in [0.1, 0.15) is 16.2 Å². The van der Waals surface area contributed by atoms with E-state index in [-0.39, 0.29) is 5.91 Å². The quantitative estimate of drug-likeness (QED) is 0.618. The zero-order valence-electron chi connectivity index (χ0n) is 15.2. The summed E-state index contributed by atoms with van der Waals surface area (Å²) in [6.07, 6.45) is 5.07. The molecule has 25 heavy (non-hydrogen) atoms. The molecule has 1 N–H and O–H groups in total. The summed E-state index contributed by atoms with van der Waals surface area (Å²) in [6.45, 7) is 7.07. The topological polar surface area (TPSA) is 58.1 Å². The van der Waals surface area contributed by atoms with Crippen LogP contribution in [0.4, 0.5) is 0 Å². The smallest absolute Gasteiger partial charge is 0.232 e. The van der Waals surface area contributed by atoms with Crippen molar-refractivity contribution < 1.29 is 4.79 Å². The van der Waals surface area contributed by atoms with Crippen molar-refractivity contribution in [1.82, 2.24) is 20.2 Å². The molecular weight excluding hydrogens is 352 g/mol. The fraction of sp³-hybridized carbons (Fsp3) is 0.611. The molecule has 3 rings (SSSR count). The minimum atomic E-state index is 0.230. The summed E-state index contributed by atoms with van der Waals surface area (Å²) in [4.78, 5) is 25.7. The van der Waals surface area contributed by atoms with E-state index in [0.29, 0.717) is 5.75 Å². The number of aromatic nitrogens is 2. The molecule has 2 aromatic rings. The lowest BCUT2D eigenvalue weighted by atomic mass is 9.93. The Bertz CT molecular complexity index is 738. The Labute approximate surface area is 157 Å². The molecule has 2 aromatic heterocycles. The SMILES string of the molecule is CNCCC1CCN(C(=O)CSc2ncnc3sc(C)c(C)c23)CC1. The van der Waals surface area contributed by atoms with Gasteiger partial charge in [0.05, 0.1) is 5.75 Å². The third-order valence-electron chi connectivity index (χ3n) is 5.03. The maximum absolute atomic E-state index is 12.6. The summed E-state index contributed by atoms with van der Waals surface area (Å²) in [5, 5.41) is 5.27. The fourth-order valence-corrected chi connectivity index (χ4v) is 5.32. The van der Waals surface area contributed by atoms with E-state index < -0.39 is 0 Å². The third-order valence-corrected chi connectivity index (χ3v) is 7.12. The largest absolute Gasteiger partial charge is 0.342 e. The van der Waals surface area contributed by atoms with Crippen LogP contribution >= 0.6 is 23.1 Å². The van der Waals surface area contributed by atoms with Crippen LogP contribution in [0.5, 0.6) is 0 Å². The van der Waals surface area contributed by atoms with Gasteiger partial charge in [0.25, 0.3) is 0 Å². The number of likely N-dealkylation sites (tertiary alicyclic amines) is 1. The van der Waals surface area contributed by atoms with Crippen molar-refractivity contribution in [1.29, 1.82) is 0 Å². The molecule has 1 fully saturated rings. The Balaban J connectivity index is 1.57. The van der Waals surface area contributed by atoms with Gasteiger partial charge in [0.15, 0.2) is 0 Å². The average molecular weight is 379 g/mol. The average Bonchev–Trinajstić information content (AvgIpc) is 2.93. The fourth-order valence-electron chi connectivity index (χ4n) is 3.30. The Kier molecular flexibility index (Phi) is 6.30. The second-order valence-electron chi connectivity index (χ2n) is 6.65. The first kappa shape index (κ1) is 18.6. The highest BCUT2D eigenvalue weighted by atomic mass is 32.2. The molecule has 1 saturated heterocycles. The van der Waals surface area contributed by atoms with E-state index in [1.165, 1.54) is 16.9 Å².